The van der Waals surface area contributed by atoms with Crippen LogP contribution in [0.5, 0.6) is 0 Å². The minimum absolute atomic E-state index is 0.0755. The molecule has 0 unspecified atom stereocenters. The molecular weight excluding hydrogens is 691 g/mol. The van der Waals surface area contributed by atoms with E-state index in [1.165, 1.54) is 140 Å². The van der Waals surface area contributed by atoms with E-state index in [0.717, 1.165) is 31.2 Å². The number of carbonyl (C=O) groups is 2. The molecule has 0 spiro atoms. The van der Waals surface area contributed by atoms with Crippen LogP contribution in [0.25, 0.3) is 11.4 Å². The molecule has 0 saturated carbocycles. The van der Waals surface area contributed by atoms with E-state index in [-0.39, 0.29) is 23.7 Å². The van der Waals surface area contributed by atoms with Crippen molar-refractivity contribution in [2.75, 3.05) is 10.6 Å². The van der Waals surface area contributed by atoms with E-state index in [2.05, 4.69) is 39.4 Å². The molecular formula is C49H69N5O2. The third-order valence-electron chi connectivity index (χ3n) is 10.7. The minimum Gasteiger partial charge on any atom is -0.290 e. The average molecular weight is 760 g/mol. The van der Waals surface area contributed by atoms with Crippen molar-refractivity contribution in [3.8, 4) is 11.4 Å². The van der Waals surface area contributed by atoms with Gasteiger partial charge in [-0.05, 0) is 61.1 Å². The van der Waals surface area contributed by atoms with Crippen molar-refractivity contribution in [3.05, 3.63) is 101 Å². The van der Waals surface area contributed by atoms with Gasteiger partial charge in [0.05, 0.1) is 0 Å². The van der Waals surface area contributed by atoms with Gasteiger partial charge in [0.1, 0.15) is 0 Å². The Morgan fingerprint density at radius 1 is 0.411 bits per heavy atom. The zero-order valence-corrected chi connectivity index (χ0v) is 34.6. The molecule has 0 bridgehead atoms. The van der Waals surface area contributed by atoms with Crippen LogP contribution in [0.15, 0.2) is 78.9 Å². The number of amides is 2. The normalized spacial score (nSPS) is 11.1. The largest absolute Gasteiger partial charge is 0.290 e. The van der Waals surface area contributed by atoms with Gasteiger partial charge in [0.25, 0.3) is 11.8 Å². The Kier molecular flexibility index (Phi) is 21.6. The van der Waals surface area contributed by atoms with Crippen LogP contribution in [0.2, 0.25) is 0 Å². The third-order valence-corrected chi connectivity index (χ3v) is 10.7. The third kappa shape index (κ3) is 17.6. The smallest absolute Gasteiger partial charge is 0.258 e. The van der Waals surface area contributed by atoms with Gasteiger partial charge in [-0.3, -0.25) is 20.2 Å². The first-order chi connectivity index (χ1) is 27.6. The van der Waals surface area contributed by atoms with Crippen LogP contribution in [0.1, 0.15) is 187 Å². The van der Waals surface area contributed by atoms with Crippen molar-refractivity contribution in [2.45, 2.75) is 168 Å². The second kappa shape index (κ2) is 27.2. The number of anilines is 2. The van der Waals surface area contributed by atoms with Gasteiger partial charge in [0.2, 0.25) is 11.9 Å². The lowest BCUT2D eigenvalue weighted by Gasteiger charge is -2.10. The van der Waals surface area contributed by atoms with E-state index in [4.69, 9.17) is 0 Å². The number of carbonyl (C=O) groups excluding carboxylic acids is 2. The highest BCUT2D eigenvalue weighted by atomic mass is 16.2. The number of hydrogen-bond donors (Lipinski definition) is 2. The maximum atomic E-state index is 13.3. The molecule has 0 radical (unpaired) electrons. The number of hydrogen-bond acceptors (Lipinski definition) is 5. The number of nitrogens with one attached hydrogen (secondary N) is 2. The van der Waals surface area contributed by atoms with Crippen LogP contribution in [-0.4, -0.2) is 26.8 Å². The summed E-state index contributed by atoms with van der Waals surface area (Å²) in [5.41, 5.74) is 4.26. The number of aryl methyl sites for hydroxylation is 2. The molecule has 3 aromatic carbocycles. The molecule has 302 valence electrons. The summed E-state index contributed by atoms with van der Waals surface area (Å²) in [6.07, 6.45) is 31.2. The Bertz CT molecular complexity index is 1550. The molecule has 0 aliphatic rings. The molecule has 0 aliphatic heterocycles. The fourth-order valence-corrected chi connectivity index (χ4v) is 7.18. The Hall–Kier alpha value is -4.39. The summed E-state index contributed by atoms with van der Waals surface area (Å²) < 4.78 is 0. The Morgan fingerprint density at radius 3 is 1.11 bits per heavy atom. The maximum Gasteiger partial charge on any atom is 0.258 e. The quantitative estimate of drug-likeness (QED) is 0.0537. The molecule has 0 fully saturated rings. The molecule has 1 aromatic heterocycles. The SMILES string of the molecule is CCCCCCCCCCCCCc1ccc(C(=O)Nc2nc(NC(=O)c3ccc(CCCCCCCCCCCCC)cc3)nc(-c3ccccc3)n2)cc1. The van der Waals surface area contributed by atoms with Crippen molar-refractivity contribution >= 4 is 23.7 Å². The van der Waals surface area contributed by atoms with Crippen molar-refractivity contribution < 1.29 is 9.59 Å². The lowest BCUT2D eigenvalue weighted by atomic mass is 10.0. The predicted molar refractivity (Wildman–Crippen MR) is 234 cm³/mol. The van der Waals surface area contributed by atoms with Gasteiger partial charge in [0, 0.05) is 16.7 Å². The van der Waals surface area contributed by atoms with Gasteiger partial charge in [-0.15, -0.1) is 0 Å². The minimum atomic E-state index is -0.317. The molecule has 7 heteroatoms. The first kappa shape index (κ1) is 44.3. The van der Waals surface area contributed by atoms with Crippen LogP contribution >= 0.6 is 0 Å². The summed E-state index contributed by atoms with van der Waals surface area (Å²) in [4.78, 5) is 40.1. The van der Waals surface area contributed by atoms with Gasteiger partial charge in [-0.2, -0.15) is 15.0 Å². The van der Waals surface area contributed by atoms with E-state index in [0.29, 0.717) is 17.0 Å². The van der Waals surface area contributed by atoms with Gasteiger partial charge >= 0.3 is 0 Å². The van der Waals surface area contributed by atoms with E-state index in [9.17, 15) is 9.59 Å². The Balaban J connectivity index is 1.23. The van der Waals surface area contributed by atoms with Crippen molar-refractivity contribution in [3.63, 3.8) is 0 Å². The topological polar surface area (TPSA) is 96.9 Å². The van der Waals surface area contributed by atoms with E-state index in [1.54, 1.807) is 0 Å². The monoisotopic (exact) mass is 760 g/mol. The predicted octanol–water partition coefficient (Wildman–Crippen LogP) is 13.8. The summed E-state index contributed by atoms with van der Waals surface area (Å²) in [7, 11) is 0. The summed E-state index contributed by atoms with van der Waals surface area (Å²) in [5, 5.41) is 5.67. The molecule has 1 heterocycles. The van der Waals surface area contributed by atoms with Gasteiger partial charge in [-0.25, -0.2) is 0 Å². The number of unbranched alkanes of at least 4 members (excludes halogenated alkanes) is 20. The molecule has 2 amide bonds. The van der Waals surface area contributed by atoms with Gasteiger partial charge in [-0.1, -0.05) is 197 Å². The first-order valence-electron chi connectivity index (χ1n) is 22.2. The Labute approximate surface area is 338 Å². The number of benzene rings is 3. The fourth-order valence-electron chi connectivity index (χ4n) is 7.18. The summed E-state index contributed by atoms with van der Waals surface area (Å²) in [6, 6.07) is 25.0. The zero-order chi connectivity index (χ0) is 39.5. The molecule has 4 aromatic rings. The summed E-state index contributed by atoms with van der Waals surface area (Å²) >= 11 is 0. The zero-order valence-electron chi connectivity index (χ0n) is 34.6. The number of rotatable bonds is 29. The van der Waals surface area contributed by atoms with Crippen LogP contribution in [0.3, 0.4) is 0 Å². The van der Waals surface area contributed by atoms with Crippen molar-refractivity contribution in [1.82, 2.24) is 15.0 Å². The van der Waals surface area contributed by atoms with Gasteiger partial charge < -0.3 is 0 Å². The van der Waals surface area contributed by atoms with Crippen LogP contribution in [-0.2, 0) is 12.8 Å². The second-order valence-corrected chi connectivity index (χ2v) is 15.5. The lowest BCUT2D eigenvalue weighted by Crippen LogP contribution is -2.18. The fraction of sp³-hybridized carbons (Fsp3) is 0.531. The summed E-state index contributed by atoms with van der Waals surface area (Å²) in [6.45, 7) is 4.54. The van der Waals surface area contributed by atoms with E-state index < -0.39 is 0 Å². The van der Waals surface area contributed by atoms with Crippen LogP contribution in [0, 0.1) is 0 Å². The molecule has 2 N–H and O–H groups in total. The lowest BCUT2D eigenvalue weighted by molar-refractivity contribution is 0.101. The molecule has 4 rings (SSSR count). The van der Waals surface area contributed by atoms with Crippen molar-refractivity contribution in [2.24, 2.45) is 0 Å². The molecule has 0 aliphatic carbocycles. The highest BCUT2D eigenvalue weighted by molar-refractivity contribution is 6.04. The molecule has 7 nitrogen and oxygen atoms in total. The van der Waals surface area contributed by atoms with Gasteiger partial charge in [0.15, 0.2) is 5.82 Å². The van der Waals surface area contributed by atoms with Crippen LogP contribution in [0.4, 0.5) is 11.9 Å². The number of aromatic nitrogens is 3. The van der Waals surface area contributed by atoms with Crippen molar-refractivity contribution in [1.29, 1.82) is 0 Å². The molecule has 56 heavy (non-hydrogen) atoms. The standard InChI is InChI=1S/C49H69N5O2/c1-3-5-7-9-11-13-15-17-19-21-24-28-40-32-36-43(37-33-40)46(55)52-48-50-45(42-30-26-23-27-31-42)51-49(54-48)53-47(56)44-38-34-41(35-39-44)29-25-22-20-18-16-14-12-10-8-6-4-2/h23,26-27,30-39H,3-22,24-25,28-29H2,1-2H3,(H2,50,51,52,53,54,55,56). The second-order valence-electron chi connectivity index (χ2n) is 15.5. The van der Waals surface area contributed by atoms with E-state index in [1.807, 2.05) is 78.9 Å². The highest BCUT2D eigenvalue weighted by Gasteiger charge is 2.15. The molecule has 0 saturated heterocycles. The highest BCUT2D eigenvalue weighted by Crippen LogP contribution is 2.20. The van der Waals surface area contributed by atoms with Crippen LogP contribution < -0.4 is 10.6 Å². The Morgan fingerprint density at radius 2 is 0.750 bits per heavy atom. The van der Waals surface area contributed by atoms with E-state index >= 15 is 0 Å². The maximum absolute atomic E-state index is 13.3. The summed E-state index contributed by atoms with van der Waals surface area (Å²) in [5.74, 6) is -0.127. The first-order valence-corrected chi connectivity index (χ1v) is 22.2. The average Bonchev–Trinajstić information content (AvgIpc) is 3.22. The molecule has 0 atom stereocenters. The number of nitrogens with zero attached hydrogens (tertiary/aromatic N) is 3.